The Labute approximate surface area is 266 Å². The van der Waals surface area contributed by atoms with E-state index in [1.807, 2.05) is 0 Å². The molecule has 0 nitrogen and oxygen atoms in total. The van der Waals surface area contributed by atoms with Gasteiger partial charge in [0, 0.05) is 11.8 Å². The van der Waals surface area contributed by atoms with Gasteiger partial charge >= 0.3 is 0 Å². The van der Waals surface area contributed by atoms with Gasteiger partial charge in [-0.05, 0) is 104 Å². The molecule has 0 saturated carbocycles. The fourth-order valence-electron chi connectivity index (χ4n) is 7.73. The van der Waals surface area contributed by atoms with Crippen LogP contribution in [-0.2, 0) is 0 Å². The summed E-state index contributed by atoms with van der Waals surface area (Å²) in [4.78, 5) is 0. The molecule has 0 aliphatic heterocycles. The monoisotopic (exact) mass is 576 g/mol. The number of allylic oxidation sites excluding steroid dienone is 13. The van der Waals surface area contributed by atoms with E-state index in [2.05, 4.69) is 166 Å². The molecular weight excluding hydrogens is 540 g/mol. The molecule has 0 aromatic heterocycles. The molecule has 2 atom stereocenters. The lowest BCUT2D eigenvalue weighted by atomic mass is 9.69. The number of benzene rings is 5. The molecule has 3 aliphatic rings. The van der Waals surface area contributed by atoms with Crippen LogP contribution >= 0.6 is 0 Å². The van der Waals surface area contributed by atoms with Crippen molar-refractivity contribution in [2.45, 2.75) is 20.3 Å². The fraction of sp³-hybridized carbons (Fsp3) is 0.111. The summed E-state index contributed by atoms with van der Waals surface area (Å²) in [5, 5.41) is 4.98. The number of rotatable bonds is 5. The zero-order chi connectivity index (χ0) is 30.5. The number of hydrogen-bond acceptors (Lipinski definition) is 0. The second kappa shape index (κ2) is 11.1. The topological polar surface area (TPSA) is 0 Å². The van der Waals surface area contributed by atoms with E-state index in [0.29, 0.717) is 11.8 Å². The van der Waals surface area contributed by atoms with Gasteiger partial charge in [-0.15, -0.1) is 0 Å². The molecule has 0 bridgehead atoms. The van der Waals surface area contributed by atoms with Crippen molar-refractivity contribution in [3.63, 3.8) is 0 Å². The lowest BCUT2D eigenvalue weighted by Crippen LogP contribution is -2.23. The maximum atomic E-state index is 4.68. The quantitative estimate of drug-likeness (QED) is 0.111. The van der Waals surface area contributed by atoms with Crippen molar-refractivity contribution in [3.8, 4) is 22.3 Å². The van der Waals surface area contributed by atoms with Crippen LogP contribution in [0.4, 0.5) is 0 Å². The van der Waals surface area contributed by atoms with Crippen LogP contribution < -0.4 is 0 Å². The standard InChI is InChI=1S/C45H36/c1-29-12-4-5-16-36(29)42-28-35(25-22-30(42)2)45-40-19-8-6-17-38(40)43(39-18-7-9-20-41(39)45)31(3)23-24-32-26-27-34-14-10-13-33-15-11-21-37(32)44(33)34/h4-20,22-28,33,44H,3,21H2,1-2H3/b24-23-. The minimum absolute atomic E-state index is 0.456. The molecule has 45 heavy (non-hydrogen) atoms. The molecule has 0 heterocycles. The number of hydrogen-bond donors (Lipinski definition) is 0. The van der Waals surface area contributed by atoms with Gasteiger partial charge < -0.3 is 0 Å². The predicted octanol–water partition coefficient (Wildman–Crippen LogP) is 12.1. The average Bonchev–Trinajstić information content (AvgIpc) is 3.08. The van der Waals surface area contributed by atoms with Crippen molar-refractivity contribution in [1.29, 1.82) is 0 Å². The van der Waals surface area contributed by atoms with Gasteiger partial charge in [-0.1, -0.05) is 152 Å². The highest BCUT2D eigenvalue weighted by molar-refractivity contribution is 6.19. The van der Waals surface area contributed by atoms with E-state index in [1.54, 1.807) is 0 Å². The van der Waals surface area contributed by atoms with Crippen LogP contribution in [0.1, 0.15) is 23.1 Å². The van der Waals surface area contributed by atoms with E-state index in [-0.39, 0.29) is 0 Å². The van der Waals surface area contributed by atoms with Crippen molar-refractivity contribution >= 4 is 27.1 Å². The molecule has 3 aliphatic carbocycles. The van der Waals surface area contributed by atoms with Crippen LogP contribution in [0.3, 0.4) is 0 Å². The van der Waals surface area contributed by atoms with Crippen molar-refractivity contribution in [1.82, 2.24) is 0 Å². The summed E-state index contributed by atoms with van der Waals surface area (Å²) in [5.41, 5.74) is 14.2. The second-order valence-corrected chi connectivity index (χ2v) is 12.6. The molecule has 8 rings (SSSR count). The van der Waals surface area contributed by atoms with Crippen molar-refractivity contribution in [2.24, 2.45) is 11.8 Å². The Morgan fingerprint density at radius 2 is 1.42 bits per heavy atom. The van der Waals surface area contributed by atoms with Crippen molar-refractivity contribution < 1.29 is 0 Å². The molecule has 0 fully saturated rings. The molecular formula is C45H36. The van der Waals surface area contributed by atoms with Gasteiger partial charge in [-0.3, -0.25) is 0 Å². The summed E-state index contributed by atoms with van der Waals surface area (Å²) in [6.07, 6.45) is 21.7. The molecule has 5 aromatic rings. The van der Waals surface area contributed by atoms with Gasteiger partial charge in [0.15, 0.2) is 0 Å². The number of fused-ring (bicyclic) bond motifs is 2. The lowest BCUT2D eigenvalue weighted by Gasteiger charge is -2.35. The summed E-state index contributed by atoms with van der Waals surface area (Å²) in [6.45, 7) is 9.09. The average molecular weight is 577 g/mol. The lowest BCUT2D eigenvalue weighted by molar-refractivity contribution is 0.572. The van der Waals surface area contributed by atoms with Crippen LogP contribution in [0.5, 0.6) is 0 Å². The van der Waals surface area contributed by atoms with Gasteiger partial charge in [-0.2, -0.15) is 0 Å². The van der Waals surface area contributed by atoms with Crippen LogP contribution in [0, 0.1) is 25.7 Å². The third kappa shape index (κ3) is 4.61. The maximum Gasteiger partial charge on any atom is 0.0158 e. The minimum atomic E-state index is 0.456. The summed E-state index contributed by atoms with van der Waals surface area (Å²) in [7, 11) is 0. The minimum Gasteiger partial charge on any atom is -0.0911 e. The Bertz CT molecular complexity index is 2170. The Balaban J connectivity index is 1.28. The molecule has 5 aromatic carbocycles. The summed E-state index contributed by atoms with van der Waals surface area (Å²) >= 11 is 0. The van der Waals surface area contributed by atoms with Crippen LogP contribution in [0.2, 0.25) is 0 Å². The zero-order valence-corrected chi connectivity index (χ0v) is 25.9. The highest BCUT2D eigenvalue weighted by Gasteiger charge is 2.31. The summed E-state index contributed by atoms with van der Waals surface area (Å²) < 4.78 is 0. The van der Waals surface area contributed by atoms with Gasteiger partial charge in [-0.25, -0.2) is 0 Å². The first-order chi connectivity index (χ1) is 22.1. The molecule has 0 heteroatoms. The second-order valence-electron chi connectivity index (χ2n) is 12.6. The van der Waals surface area contributed by atoms with E-state index in [4.69, 9.17) is 0 Å². The molecule has 0 N–H and O–H groups in total. The van der Waals surface area contributed by atoms with Crippen molar-refractivity contribution in [2.75, 3.05) is 0 Å². The summed E-state index contributed by atoms with van der Waals surface area (Å²) in [5.74, 6) is 0.914. The van der Waals surface area contributed by atoms with E-state index in [0.717, 1.165) is 12.0 Å². The summed E-state index contributed by atoms with van der Waals surface area (Å²) in [6, 6.07) is 33.4. The molecule has 0 amide bonds. The Kier molecular flexibility index (Phi) is 6.72. The molecule has 0 radical (unpaired) electrons. The largest absolute Gasteiger partial charge is 0.0911 e. The third-order valence-corrected chi connectivity index (χ3v) is 9.94. The Morgan fingerprint density at radius 1 is 0.733 bits per heavy atom. The third-order valence-electron chi connectivity index (χ3n) is 9.94. The Hall–Kier alpha value is -5.20. The zero-order valence-electron chi connectivity index (χ0n) is 25.9. The van der Waals surface area contributed by atoms with Gasteiger partial charge in [0.1, 0.15) is 0 Å². The van der Waals surface area contributed by atoms with E-state index in [9.17, 15) is 0 Å². The van der Waals surface area contributed by atoms with Crippen molar-refractivity contribution in [3.05, 3.63) is 186 Å². The first-order valence-corrected chi connectivity index (χ1v) is 16.0. The molecule has 0 saturated heterocycles. The highest BCUT2D eigenvalue weighted by Crippen LogP contribution is 2.45. The van der Waals surface area contributed by atoms with Crippen LogP contribution in [-0.4, -0.2) is 0 Å². The molecule has 2 unspecified atom stereocenters. The van der Waals surface area contributed by atoms with Gasteiger partial charge in [0.2, 0.25) is 0 Å². The predicted molar refractivity (Wildman–Crippen MR) is 194 cm³/mol. The SMILES string of the molecule is C=C(/C=C\C1=C2CC=CC3C=CC=C(C=C1)C23)c1c2ccccc2c(-c2ccc(C)c(-c3ccccc3C)c2)c2ccccc12. The first-order valence-electron chi connectivity index (χ1n) is 16.0. The van der Waals surface area contributed by atoms with Gasteiger partial charge in [0.25, 0.3) is 0 Å². The first kappa shape index (κ1) is 27.4. The highest BCUT2D eigenvalue weighted by atomic mass is 14.3. The van der Waals surface area contributed by atoms with Crippen LogP contribution in [0.25, 0.3) is 49.4 Å². The number of aryl methyl sites for hydroxylation is 2. The molecule has 216 valence electrons. The van der Waals surface area contributed by atoms with E-state index >= 15 is 0 Å². The van der Waals surface area contributed by atoms with E-state index < -0.39 is 0 Å². The maximum absolute atomic E-state index is 4.68. The Morgan fingerprint density at radius 3 is 2.18 bits per heavy atom. The smallest absolute Gasteiger partial charge is 0.0158 e. The normalized spacial score (nSPS) is 18.6. The molecule has 0 spiro atoms. The van der Waals surface area contributed by atoms with E-state index in [1.165, 1.54) is 77.2 Å². The van der Waals surface area contributed by atoms with Crippen LogP contribution in [0.15, 0.2) is 169 Å². The van der Waals surface area contributed by atoms with Gasteiger partial charge in [0.05, 0.1) is 0 Å². The fourth-order valence-corrected chi connectivity index (χ4v) is 7.73.